The molecule has 27 heavy (non-hydrogen) atoms. The zero-order valence-electron chi connectivity index (χ0n) is 14.2. The van der Waals surface area contributed by atoms with Crippen molar-refractivity contribution in [3.05, 3.63) is 74.8 Å². The number of aliphatic carboxylic acids is 1. The fourth-order valence-corrected chi connectivity index (χ4v) is 3.50. The SMILES string of the molecule is O=C(O)[C@@H]1CN(C(=O)Cc2cccc([N+](=O)[O-])c2)C[C@H]1c1ccc(Cl)cc1. The first-order valence-corrected chi connectivity index (χ1v) is 8.72. The molecule has 1 heterocycles. The number of hydrogen-bond acceptors (Lipinski definition) is 4. The van der Waals surface area contributed by atoms with Gasteiger partial charge in [0.15, 0.2) is 0 Å². The number of carbonyl (C=O) groups excluding carboxylic acids is 1. The number of non-ortho nitro benzene ring substituents is 1. The maximum absolute atomic E-state index is 12.6. The van der Waals surface area contributed by atoms with Crippen LogP contribution in [0.25, 0.3) is 0 Å². The van der Waals surface area contributed by atoms with Crippen LogP contribution in [-0.2, 0) is 16.0 Å². The van der Waals surface area contributed by atoms with E-state index >= 15 is 0 Å². The maximum Gasteiger partial charge on any atom is 0.308 e. The molecular formula is C19H17ClN2O5. The molecule has 1 aliphatic heterocycles. The van der Waals surface area contributed by atoms with Gasteiger partial charge >= 0.3 is 5.97 Å². The third kappa shape index (κ3) is 4.25. The van der Waals surface area contributed by atoms with Crippen molar-refractivity contribution in [2.75, 3.05) is 13.1 Å². The lowest BCUT2D eigenvalue weighted by Gasteiger charge is -2.16. The van der Waals surface area contributed by atoms with Crippen molar-refractivity contribution < 1.29 is 19.6 Å². The van der Waals surface area contributed by atoms with Gasteiger partial charge in [-0.05, 0) is 23.3 Å². The molecule has 2 aromatic carbocycles. The number of nitrogens with zero attached hydrogens (tertiary/aromatic N) is 2. The first-order valence-electron chi connectivity index (χ1n) is 8.34. The largest absolute Gasteiger partial charge is 0.481 e. The molecule has 0 aliphatic carbocycles. The smallest absolute Gasteiger partial charge is 0.308 e. The summed E-state index contributed by atoms with van der Waals surface area (Å²) in [5.41, 5.74) is 1.26. The van der Waals surface area contributed by atoms with E-state index < -0.39 is 16.8 Å². The van der Waals surface area contributed by atoms with Crippen LogP contribution in [0.5, 0.6) is 0 Å². The number of hydrogen-bond donors (Lipinski definition) is 1. The minimum Gasteiger partial charge on any atom is -0.481 e. The van der Waals surface area contributed by atoms with Crippen molar-refractivity contribution in [2.45, 2.75) is 12.3 Å². The number of halogens is 1. The van der Waals surface area contributed by atoms with Gasteiger partial charge in [-0.3, -0.25) is 19.7 Å². The van der Waals surface area contributed by atoms with Gasteiger partial charge in [-0.1, -0.05) is 35.9 Å². The minimum absolute atomic E-state index is 0.0125. The Balaban J connectivity index is 1.76. The molecule has 7 nitrogen and oxygen atoms in total. The Morgan fingerprint density at radius 3 is 2.52 bits per heavy atom. The molecule has 1 fully saturated rings. The van der Waals surface area contributed by atoms with E-state index in [4.69, 9.17) is 11.6 Å². The van der Waals surface area contributed by atoms with Crippen LogP contribution in [0, 0.1) is 16.0 Å². The van der Waals surface area contributed by atoms with E-state index in [2.05, 4.69) is 0 Å². The van der Waals surface area contributed by atoms with E-state index in [1.165, 1.54) is 23.1 Å². The number of likely N-dealkylation sites (tertiary alicyclic amines) is 1. The second-order valence-corrected chi connectivity index (χ2v) is 6.94. The van der Waals surface area contributed by atoms with Gasteiger partial charge in [-0.15, -0.1) is 0 Å². The Morgan fingerprint density at radius 2 is 1.89 bits per heavy atom. The van der Waals surface area contributed by atoms with Crippen molar-refractivity contribution >= 4 is 29.2 Å². The van der Waals surface area contributed by atoms with Crippen LogP contribution in [0.15, 0.2) is 48.5 Å². The van der Waals surface area contributed by atoms with Crippen LogP contribution >= 0.6 is 11.6 Å². The summed E-state index contributed by atoms with van der Waals surface area (Å²) in [7, 11) is 0. The molecule has 3 rings (SSSR count). The molecule has 1 saturated heterocycles. The van der Waals surface area contributed by atoms with Crippen molar-refractivity contribution in [1.82, 2.24) is 4.90 Å². The van der Waals surface area contributed by atoms with Crippen LogP contribution < -0.4 is 0 Å². The van der Waals surface area contributed by atoms with Crippen LogP contribution in [0.1, 0.15) is 17.0 Å². The van der Waals surface area contributed by atoms with E-state index in [1.54, 1.807) is 30.3 Å². The van der Waals surface area contributed by atoms with Crippen molar-refractivity contribution in [1.29, 1.82) is 0 Å². The molecule has 2 atom stereocenters. The Bertz CT molecular complexity index is 884. The highest BCUT2D eigenvalue weighted by molar-refractivity contribution is 6.30. The van der Waals surface area contributed by atoms with Crippen molar-refractivity contribution in [3.63, 3.8) is 0 Å². The molecule has 140 valence electrons. The summed E-state index contributed by atoms with van der Waals surface area (Å²) in [6.07, 6.45) is -0.0125. The molecule has 0 bridgehead atoms. The number of carboxylic acids is 1. The summed E-state index contributed by atoms with van der Waals surface area (Å²) < 4.78 is 0. The summed E-state index contributed by atoms with van der Waals surface area (Å²) in [6, 6.07) is 12.8. The predicted octanol–water partition coefficient (Wildman–Crippen LogP) is 3.12. The van der Waals surface area contributed by atoms with Gasteiger partial charge in [0.1, 0.15) is 0 Å². The lowest BCUT2D eigenvalue weighted by molar-refractivity contribution is -0.384. The fourth-order valence-electron chi connectivity index (χ4n) is 3.37. The highest BCUT2D eigenvalue weighted by Crippen LogP contribution is 2.34. The van der Waals surface area contributed by atoms with Gasteiger partial charge in [0.25, 0.3) is 5.69 Å². The Hall–Kier alpha value is -2.93. The molecule has 0 unspecified atom stereocenters. The zero-order chi connectivity index (χ0) is 19.6. The van der Waals surface area contributed by atoms with Gasteiger partial charge in [0.2, 0.25) is 5.91 Å². The summed E-state index contributed by atoms with van der Waals surface area (Å²) >= 11 is 5.89. The van der Waals surface area contributed by atoms with E-state index in [0.717, 1.165) is 5.56 Å². The average Bonchev–Trinajstić information content (AvgIpc) is 3.08. The molecule has 1 amide bonds. The number of nitro groups is 1. The standard InChI is InChI=1S/C19H17ClN2O5/c20-14-6-4-13(5-7-14)16-10-21(11-17(16)19(24)25)18(23)9-12-2-1-3-15(8-12)22(26)27/h1-8,16-17H,9-11H2,(H,24,25)/t16-,17+/m0/s1. The quantitative estimate of drug-likeness (QED) is 0.626. The molecule has 0 saturated carbocycles. The predicted molar refractivity (Wildman–Crippen MR) is 98.7 cm³/mol. The lowest BCUT2D eigenvalue weighted by Crippen LogP contribution is -2.31. The van der Waals surface area contributed by atoms with Crippen molar-refractivity contribution in [2.24, 2.45) is 5.92 Å². The Labute approximate surface area is 160 Å². The Kier molecular flexibility index (Phi) is 5.41. The van der Waals surface area contributed by atoms with E-state index in [1.807, 2.05) is 0 Å². The highest BCUT2D eigenvalue weighted by atomic mass is 35.5. The molecule has 0 aromatic heterocycles. The molecule has 8 heteroatoms. The molecule has 0 spiro atoms. The second-order valence-electron chi connectivity index (χ2n) is 6.51. The lowest BCUT2D eigenvalue weighted by atomic mass is 9.89. The highest BCUT2D eigenvalue weighted by Gasteiger charge is 2.40. The van der Waals surface area contributed by atoms with E-state index in [9.17, 15) is 24.8 Å². The second kappa shape index (κ2) is 7.75. The number of rotatable bonds is 5. The van der Waals surface area contributed by atoms with Crippen LogP contribution in [0.3, 0.4) is 0 Å². The minimum atomic E-state index is -0.958. The first kappa shape index (κ1) is 18.8. The molecular weight excluding hydrogens is 372 g/mol. The number of carbonyl (C=O) groups is 2. The average molecular weight is 389 g/mol. The molecule has 1 aliphatic rings. The summed E-state index contributed by atoms with van der Waals surface area (Å²) in [4.78, 5) is 36.2. The monoisotopic (exact) mass is 388 g/mol. The molecule has 1 N–H and O–H groups in total. The van der Waals surface area contributed by atoms with Gasteiger partial charge < -0.3 is 10.0 Å². The van der Waals surface area contributed by atoms with E-state index in [0.29, 0.717) is 10.6 Å². The van der Waals surface area contributed by atoms with Crippen LogP contribution in [-0.4, -0.2) is 39.9 Å². The fraction of sp³-hybridized carbons (Fsp3) is 0.263. The number of nitro benzene ring substituents is 1. The molecule has 0 radical (unpaired) electrons. The normalized spacial score (nSPS) is 19.1. The van der Waals surface area contributed by atoms with Gasteiger partial charge in [-0.2, -0.15) is 0 Å². The van der Waals surface area contributed by atoms with Crippen LogP contribution in [0.4, 0.5) is 5.69 Å². The number of amides is 1. The summed E-state index contributed by atoms with van der Waals surface area (Å²) in [5, 5.41) is 21.0. The van der Waals surface area contributed by atoms with Gasteiger partial charge in [0.05, 0.1) is 17.3 Å². The topological polar surface area (TPSA) is 101 Å². The van der Waals surface area contributed by atoms with Gasteiger partial charge in [-0.25, -0.2) is 0 Å². The third-order valence-electron chi connectivity index (χ3n) is 4.76. The maximum atomic E-state index is 12.6. The van der Waals surface area contributed by atoms with Crippen molar-refractivity contribution in [3.8, 4) is 0 Å². The summed E-state index contributed by atoms with van der Waals surface area (Å²) in [5.74, 6) is -2.24. The third-order valence-corrected chi connectivity index (χ3v) is 5.02. The summed E-state index contributed by atoms with van der Waals surface area (Å²) in [6.45, 7) is 0.392. The Morgan fingerprint density at radius 1 is 1.19 bits per heavy atom. The van der Waals surface area contributed by atoms with Gasteiger partial charge in [0, 0.05) is 36.2 Å². The number of carboxylic acid groups (broad SMARTS) is 1. The number of benzene rings is 2. The van der Waals surface area contributed by atoms with E-state index in [-0.39, 0.29) is 37.0 Å². The zero-order valence-corrected chi connectivity index (χ0v) is 15.0. The molecule has 2 aromatic rings. The van der Waals surface area contributed by atoms with Crippen LogP contribution in [0.2, 0.25) is 5.02 Å². The first-order chi connectivity index (χ1) is 12.8.